The molecule has 1 aliphatic heterocycles. The largest absolute Gasteiger partial charge is 0.492 e. The van der Waals surface area contributed by atoms with Gasteiger partial charge in [-0.1, -0.05) is 18.2 Å². The maximum Gasteiger partial charge on any atom is 0.238 e. The summed E-state index contributed by atoms with van der Waals surface area (Å²) in [6, 6.07) is 12.9. The second-order valence-corrected chi connectivity index (χ2v) is 7.92. The highest BCUT2D eigenvalue weighted by atomic mass is 16.5. The molecule has 2 aromatic rings. The molecule has 184 valence electrons. The molecule has 0 aromatic heterocycles. The standard InChI is InChI=1S/C25H34N4O5/c1-4-33-22-16-21(29-11-13-32-14-12-29)23(34-5-2)15-20(22)27-25(31)18-28(3)17-24(30)26-19-9-7-6-8-10-19/h6-10,15-16H,4-5,11-14,17-18H2,1-3H3,(H,26,30)(H,27,31). The number of anilines is 3. The summed E-state index contributed by atoms with van der Waals surface area (Å²) in [6.07, 6.45) is 0. The summed E-state index contributed by atoms with van der Waals surface area (Å²) >= 11 is 0. The van der Waals surface area contributed by atoms with Crippen molar-refractivity contribution in [2.45, 2.75) is 13.8 Å². The lowest BCUT2D eigenvalue weighted by Crippen LogP contribution is -2.37. The van der Waals surface area contributed by atoms with Crippen LogP contribution < -0.4 is 25.0 Å². The molecule has 9 nitrogen and oxygen atoms in total. The number of nitrogens with zero attached hydrogens (tertiary/aromatic N) is 2. The number of morpholine rings is 1. The molecule has 0 radical (unpaired) electrons. The van der Waals surface area contributed by atoms with Gasteiger partial charge in [0.25, 0.3) is 0 Å². The van der Waals surface area contributed by atoms with Crippen LogP contribution in [0.3, 0.4) is 0 Å². The van der Waals surface area contributed by atoms with Gasteiger partial charge in [0.2, 0.25) is 11.8 Å². The summed E-state index contributed by atoms with van der Waals surface area (Å²) in [5.41, 5.74) is 2.17. The minimum atomic E-state index is -0.252. The van der Waals surface area contributed by atoms with Crippen LogP contribution in [0, 0.1) is 0 Å². The number of amides is 2. The first-order valence-corrected chi connectivity index (χ1v) is 11.6. The smallest absolute Gasteiger partial charge is 0.238 e. The van der Waals surface area contributed by atoms with Gasteiger partial charge < -0.3 is 29.7 Å². The minimum absolute atomic E-state index is 0.0446. The lowest BCUT2D eigenvalue weighted by atomic mass is 10.2. The fraction of sp³-hybridized carbons (Fsp3) is 0.440. The Hall–Kier alpha value is -3.30. The van der Waals surface area contributed by atoms with E-state index >= 15 is 0 Å². The van der Waals surface area contributed by atoms with Crippen LogP contribution >= 0.6 is 0 Å². The number of nitrogens with one attached hydrogen (secondary N) is 2. The van der Waals surface area contributed by atoms with Crippen molar-refractivity contribution in [3.05, 3.63) is 42.5 Å². The molecule has 0 aliphatic carbocycles. The van der Waals surface area contributed by atoms with E-state index in [0.717, 1.165) is 24.5 Å². The number of benzene rings is 2. The Labute approximate surface area is 201 Å². The molecule has 34 heavy (non-hydrogen) atoms. The van der Waals surface area contributed by atoms with E-state index in [1.54, 1.807) is 18.0 Å². The van der Waals surface area contributed by atoms with Crippen LogP contribution in [0.25, 0.3) is 0 Å². The maximum atomic E-state index is 12.8. The number of ether oxygens (including phenoxy) is 3. The predicted octanol–water partition coefficient (Wildman–Crippen LogP) is 2.83. The van der Waals surface area contributed by atoms with Crippen LogP contribution in [0.2, 0.25) is 0 Å². The van der Waals surface area contributed by atoms with Crippen LogP contribution in [-0.4, -0.2) is 76.4 Å². The molecule has 0 atom stereocenters. The highest BCUT2D eigenvalue weighted by molar-refractivity contribution is 5.96. The van der Waals surface area contributed by atoms with Crippen molar-refractivity contribution in [2.75, 3.05) is 75.2 Å². The van der Waals surface area contributed by atoms with Gasteiger partial charge in [0.05, 0.1) is 50.9 Å². The Morgan fingerprint density at radius 3 is 2.21 bits per heavy atom. The lowest BCUT2D eigenvalue weighted by Gasteiger charge is -2.31. The monoisotopic (exact) mass is 470 g/mol. The Kier molecular flexibility index (Phi) is 9.54. The van der Waals surface area contributed by atoms with Crippen molar-refractivity contribution in [1.29, 1.82) is 0 Å². The molecular weight excluding hydrogens is 436 g/mol. The van der Waals surface area contributed by atoms with Gasteiger partial charge in [-0.05, 0) is 33.0 Å². The first kappa shape index (κ1) is 25.3. The van der Waals surface area contributed by atoms with Gasteiger partial charge in [0.15, 0.2) is 0 Å². The molecule has 0 spiro atoms. The zero-order chi connectivity index (χ0) is 24.3. The number of para-hydroxylation sites is 1. The van der Waals surface area contributed by atoms with Gasteiger partial charge in [-0.15, -0.1) is 0 Å². The highest BCUT2D eigenvalue weighted by Gasteiger charge is 2.21. The van der Waals surface area contributed by atoms with E-state index in [9.17, 15) is 9.59 Å². The van der Waals surface area contributed by atoms with Gasteiger partial charge in [-0.25, -0.2) is 0 Å². The average Bonchev–Trinajstić information content (AvgIpc) is 2.81. The molecule has 2 amide bonds. The minimum Gasteiger partial charge on any atom is -0.492 e. The molecule has 1 heterocycles. The first-order chi connectivity index (χ1) is 16.5. The topological polar surface area (TPSA) is 92.4 Å². The van der Waals surface area contributed by atoms with E-state index in [-0.39, 0.29) is 24.9 Å². The third-order valence-corrected chi connectivity index (χ3v) is 5.17. The van der Waals surface area contributed by atoms with Gasteiger partial charge in [0, 0.05) is 30.9 Å². The quantitative estimate of drug-likeness (QED) is 0.522. The summed E-state index contributed by atoms with van der Waals surface area (Å²) < 4.78 is 17.2. The van der Waals surface area contributed by atoms with Gasteiger partial charge in [-0.2, -0.15) is 0 Å². The number of hydrogen-bond acceptors (Lipinski definition) is 7. The molecule has 0 saturated carbocycles. The first-order valence-electron chi connectivity index (χ1n) is 11.6. The second kappa shape index (κ2) is 12.8. The van der Waals surface area contributed by atoms with E-state index < -0.39 is 0 Å². The zero-order valence-corrected chi connectivity index (χ0v) is 20.1. The van der Waals surface area contributed by atoms with E-state index in [0.29, 0.717) is 43.6 Å². The Morgan fingerprint density at radius 1 is 0.941 bits per heavy atom. The fourth-order valence-electron chi connectivity index (χ4n) is 3.70. The SMILES string of the molecule is CCOc1cc(N2CCOCC2)c(OCC)cc1NC(=O)CN(C)CC(=O)Nc1ccccc1. The zero-order valence-electron chi connectivity index (χ0n) is 20.1. The molecular formula is C25H34N4O5. The Balaban J connectivity index is 1.66. The molecule has 0 unspecified atom stereocenters. The van der Waals surface area contributed by atoms with Crippen molar-refractivity contribution in [3.63, 3.8) is 0 Å². The maximum absolute atomic E-state index is 12.8. The third-order valence-electron chi connectivity index (χ3n) is 5.17. The summed E-state index contributed by atoms with van der Waals surface area (Å²) in [6.45, 7) is 7.72. The normalized spacial score (nSPS) is 13.5. The number of carbonyl (C=O) groups is 2. The summed E-state index contributed by atoms with van der Waals surface area (Å²) in [7, 11) is 1.72. The average molecular weight is 471 g/mol. The molecule has 0 bridgehead atoms. The van der Waals surface area contributed by atoms with Crippen molar-refractivity contribution in [1.82, 2.24) is 4.90 Å². The van der Waals surface area contributed by atoms with Crippen molar-refractivity contribution < 1.29 is 23.8 Å². The molecule has 3 rings (SSSR count). The van der Waals surface area contributed by atoms with Crippen molar-refractivity contribution in [3.8, 4) is 11.5 Å². The van der Waals surface area contributed by atoms with Crippen LogP contribution in [0.5, 0.6) is 11.5 Å². The van der Waals surface area contributed by atoms with Crippen LogP contribution in [-0.2, 0) is 14.3 Å². The molecule has 1 aliphatic rings. The van der Waals surface area contributed by atoms with Gasteiger partial charge >= 0.3 is 0 Å². The number of rotatable bonds is 11. The van der Waals surface area contributed by atoms with Gasteiger partial charge in [0.1, 0.15) is 11.5 Å². The van der Waals surface area contributed by atoms with E-state index in [1.165, 1.54) is 0 Å². The Bertz CT molecular complexity index is 948. The lowest BCUT2D eigenvalue weighted by molar-refractivity contribution is -0.119. The summed E-state index contributed by atoms with van der Waals surface area (Å²) in [5.74, 6) is 0.812. The van der Waals surface area contributed by atoms with E-state index in [4.69, 9.17) is 14.2 Å². The number of hydrogen-bond donors (Lipinski definition) is 2. The number of carbonyl (C=O) groups excluding carboxylic acids is 2. The summed E-state index contributed by atoms with van der Waals surface area (Å²) in [5, 5.41) is 5.74. The molecule has 2 aromatic carbocycles. The molecule has 1 fully saturated rings. The Morgan fingerprint density at radius 2 is 1.56 bits per heavy atom. The molecule has 2 N–H and O–H groups in total. The summed E-state index contributed by atoms with van der Waals surface area (Å²) in [4.78, 5) is 28.9. The second-order valence-electron chi connectivity index (χ2n) is 7.92. The predicted molar refractivity (Wildman–Crippen MR) is 133 cm³/mol. The third kappa shape index (κ3) is 7.36. The van der Waals surface area contributed by atoms with Crippen LogP contribution in [0.15, 0.2) is 42.5 Å². The van der Waals surface area contributed by atoms with Crippen LogP contribution in [0.4, 0.5) is 17.1 Å². The van der Waals surface area contributed by atoms with Crippen molar-refractivity contribution >= 4 is 28.9 Å². The fourth-order valence-corrected chi connectivity index (χ4v) is 3.70. The van der Waals surface area contributed by atoms with Gasteiger partial charge in [-0.3, -0.25) is 14.5 Å². The molecule has 9 heteroatoms. The van der Waals surface area contributed by atoms with E-state index in [2.05, 4.69) is 15.5 Å². The van der Waals surface area contributed by atoms with Crippen molar-refractivity contribution in [2.24, 2.45) is 0 Å². The highest BCUT2D eigenvalue weighted by Crippen LogP contribution is 2.39. The van der Waals surface area contributed by atoms with Crippen LogP contribution in [0.1, 0.15) is 13.8 Å². The molecule has 1 saturated heterocycles. The van der Waals surface area contributed by atoms with E-state index in [1.807, 2.05) is 50.2 Å². The number of likely N-dealkylation sites (N-methyl/N-ethyl adjacent to an activating group) is 1.